The Morgan fingerprint density at radius 2 is 1.81 bits per heavy atom. The molecule has 3 heterocycles. The summed E-state index contributed by atoms with van der Waals surface area (Å²) in [5, 5.41) is 3.09. The lowest BCUT2D eigenvalue weighted by atomic mass is 10.1. The second-order valence-electron chi connectivity index (χ2n) is 8.04. The molecule has 2 aliphatic rings. The van der Waals surface area contributed by atoms with Crippen molar-refractivity contribution in [2.45, 2.75) is 37.6 Å². The fourth-order valence-electron chi connectivity index (χ4n) is 4.08. The van der Waals surface area contributed by atoms with Gasteiger partial charge in [0.2, 0.25) is 10.0 Å². The number of thiazole rings is 1. The van der Waals surface area contributed by atoms with Gasteiger partial charge in [-0.3, -0.25) is 9.69 Å². The van der Waals surface area contributed by atoms with Crippen molar-refractivity contribution in [1.29, 1.82) is 0 Å². The van der Waals surface area contributed by atoms with Gasteiger partial charge in [0, 0.05) is 56.8 Å². The standard InChI is InChI=1S/C21H27FN4O3S2/c1-16-23-18(15-30-16)14-24-9-11-25(12-10-24)21(27)17-5-6-19(22)20(13-17)31(28,29)26-7-3-2-4-8-26/h5-6,13,15H,2-4,7-12,14H2,1H3. The van der Waals surface area contributed by atoms with Crippen molar-refractivity contribution in [3.05, 3.63) is 45.7 Å². The topological polar surface area (TPSA) is 73.8 Å². The smallest absolute Gasteiger partial charge is 0.253 e. The maximum absolute atomic E-state index is 14.4. The molecule has 0 radical (unpaired) electrons. The van der Waals surface area contributed by atoms with E-state index in [1.165, 1.54) is 16.4 Å². The second kappa shape index (κ2) is 9.32. The summed E-state index contributed by atoms with van der Waals surface area (Å²) in [6, 6.07) is 3.66. The molecule has 0 spiro atoms. The number of benzene rings is 1. The summed E-state index contributed by atoms with van der Waals surface area (Å²) in [5.41, 5.74) is 1.24. The van der Waals surface area contributed by atoms with E-state index in [2.05, 4.69) is 15.3 Å². The summed E-state index contributed by atoms with van der Waals surface area (Å²) in [6.45, 7) is 6.00. The molecule has 0 bridgehead atoms. The highest BCUT2D eigenvalue weighted by Gasteiger charge is 2.30. The van der Waals surface area contributed by atoms with Gasteiger partial charge in [0.1, 0.15) is 10.7 Å². The van der Waals surface area contributed by atoms with Gasteiger partial charge in [0.25, 0.3) is 5.91 Å². The van der Waals surface area contributed by atoms with Gasteiger partial charge in [-0.15, -0.1) is 11.3 Å². The Hall–Kier alpha value is -1.88. The van der Waals surface area contributed by atoms with E-state index in [1.807, 2.05) is 6.92 Å². The molecule has 2 aliphatic heterocycles. The van der Waals surface area contributed by atoms with Gasteiger partial charge >= 0.3 is 0 Å². The van der Waals surface area contributed by atoms with Crippen LogP contribution in [-0.2, 0) is 16.6 Å². The lowest BCUT2D eigenvalue weighted by Crippen LogP contribution is -2.48. The van der Waals surface area contributed by atoms with Crippen LogP contribution in [0.5, 0.6) is 0 Å². The fraction of sp³-hybridized carbons (Fsp3) is 0.524. The third-order valence-corrected chi connectivity index (χ3v) is 8.56. The van der Waals surface area contributed by atoms with Crippen molar-refractivity contribution in [2.75, 3.05) is 39.3 Å². The molecule has 1 amide bonds. The van der Waals surface area contributed by atoms with Crippen molar-refractivity contribution >= 4 is 27.3 Å². The van der Waals surface area contributed by atoms with Gasteiger partial charge in [-0.1, -0.05) is 6.42 Å². The molecule has 0 N–H and O–H groups in total. The molecule has 7 nitrogen and oxygen atoms in total. The van der Waals surface area contributed by atoms with Crippen molar-refractivity contribution < 1.29 is 17.6 Å². The zero-order chi connectivity index (χ0) is 22.0. The van der Waals surface area contributed by atoms with Crippen LogP contribution >= 0.6 is 11.3 Å². The van der Waals surface area contributed by atoms with Gasteiger partial charge in [-0.25, -0.2) is 17.8 Å². The van der Waals surface area contributed by atoms with Crippen LogP contribution in [0.1, 0.15) is 40.3 Å². The lowest BCUT2D eigenvalue weighted by Gasteiger charge is -2.34. The van der Waals surface area contributed by atoms with Crippen LogP contribution in [0, 0.1) is 12.7 Å². The van der Waals surface area contributed by atoms with Crippen LogP contribution in [0.2, 0.25) is 0 Å². The average molecular weight is 467 g/mol. The summed E-state index contributed by atoms with van der Waals surface area (Å²) in [5.74, 6) is -1.08. The molecular weight excluding hydrogens is 439 g/mol. The average Bonchev–Trinajstić information content (AvgIpc) is 3.19. The Balaban J connectivity index is 1.44. The summed E-state index contributed by atoms with van der Waals surface area (Å²) >= 11 is 1.62. The Morgan fingerprint density at radius 1 is 1.10 bits per heavy atom. The number of rotatable bonds is 5. The molecule has 31 heavy (non-hydrogen) atoms. The zero-order valence-corrected chi connectivity index (χ0v) is 19.2. The predicted molar refractivity (Wildman–Crippen MR) is 117 cm³/mol. The van der Waals surface area contributed by atoms with Gasteiger partial charge in [-0.05, 0) is 38.0 Å². The Labute approximate surface area is 186 Å². The highest BCUT2D eigenvalue weighted by Crippen LogP contribution is 2.25. The quantitative estimate of drug-likeness (QED) is 0.678. The van der Waals surface area contributed by atoms with Crippen molar-refractivity contribution in [3.63, 3.8) is 0 Å². The number of hydrogen-bond donors (Lipinski definition) is 0. The summed E-state index contributed by atoms with van der Waals surface area (Å²) in [7, 11) is -3.95. The summed E-state index contributed by atoms with van der Waals surface area (Å²) in [6.07, 6.45) is 2.51. The van der Waals surface area contributed by atoms with E-state index in [0.29, 0.717) is 39.3 Å². The van der Waals surface area contributed by atoms with Gasteiger partial charge < -0.3 is 4.90 Å². The lowest BCUT2D eigenvalue weighted by molar-refractivity contribution is 0.0627. The molecule has 0 atom stereocenters. The summed E-state index contributed by atoms with van der Waals surface area (Å²) in [4.78, 5) is 21.0. The maximum atomic E-state index is 14.4. The first-order chi connectivity index (χ1) is 14.8. The number of nitrogens with zero attached hydrogens (tertiary/aromatic N) is 4. The third-order valence-electron chi connectivity index (χ3n) is 5.82. The highest BCUT2D eigenvalue weighted by atomic mass is 32.2. The first-order valence-corrected chi connectivity index (χ1v) is 12.9. The van der Waals surface area contributed by atoms with E-state index in [4.69, 9.17) is 0 Å². The van der Waals surface area contributed by atoms with Crippen LogP contribution in [0.15, 0.2) is 28.5 Å². The van der Waals surface area contributed by atoms with Crippen LogP contribution in [0.25, 0.3) is 0 Å². The molecule has 10 heteroatoms. The molecule has 0 saturated carbocycles. The largest absolute Gasteiger partial charge is 0.336 e. The van der Waals surface area contributed by atoms with E-state index in [0.717, 1.165) is 42.6 Å². The van der Waals surface area contributed by atoms with E-state index >= 15 is 0 Å². The first-order valence-electron chi connectivity index (χ1n) is 10.6. The predicted octanol–water partition coefficient (Wildman–Crippen LogP) is 2.72. The molecule has 2 aromatic rings. The number of aryl methyl sites for hydroxylation is 1. The number of carbonyl (C=O) groups excluding carboxylic acids is 1. The number of aromatic nitrogens is 1. The van der Waals surface area contributed by atoms with Crippen LogP contribution in [0.3, 0.4) is 0 Å². The Kier molecular flexibility index (Phi) is 6.71. The van der Waals surface area contributed by atoms with E-state index in [-0.39, 0.29) is 11.5 Å². The number of carbonyl (C=O) groups is 1. The minimum atomic E-state index is -3.95. The Morgan fingerprint density at radius 3 is 2.45 bits per heavy atom. The first kappa shape index (κ1) is 22.3. The van der Waals surface area contributed by atoms with Crippen molar-refractivity contribution in [3.8, 4) is 0 Å². The van der Waals surface area contributed by atoms with Crippen molar-refractivity contribution in [1.82, 2.24) is 19.1 Å². The third kappa shape index (κ3) is 4.97. The monoisotopic (exact) mass is 466 g/mol. The van der Waals surface area contributed by atoms with Crippen LogP contribution in [0.4, 0.5) is 4.39 Å². The molecule has 1 aromatic heterocycles. The zero-order valence-electron chi connectivity index (χ0n) is 17.6. The molecule has 2 fully saturated rings. The molecule has 2 saturated heterocycles. The van der Waals surface area contributed by atoms with Crippen molar-refractivity contribution in [2.24, 2.45) is 0 Å². The number of sulfonamides is 1. The molecular formula is C21H27FN4O3S2. The van der Waals surface area contributed by atoms with Gasteiger partial charge in [0.05, 0.1) is 10.7 Å². The van der Waals surface area contributed by atoms with E-state index in [1.54, 1.807) is 16.2 Å². The molecule has 0 unspecified atom stereocenters. The van der Waals surface area contributed by atoms with E-state index in [9.17, 15) is 17.6 Å². The van der Waals surface area contributed by atoms with Gasteiger partial charge in [0.15, 0.2) is 0 Å². The number of piperidine rings is 1. The number of piperazine rings is 1. The van der Waals surface area contributed by atoms with Gasteiger partial charge in [-0.2, -0.15) is 4.31 Å². The number of hydrogen-bond acceptors (Lipinski definition) is 6. The molecule has 0 aliphatic carbocycles. The SMILES string of the molecule is Cc1nc(CN2CCN(C(=O)c3ccc(F)c(S(=O)(=O)N4CCCCC4)c3)CC2)cs1. The summed E-state index contributed by atoms with van der Waals surface area (Å²) < 4.78 is 41.6. The maximum Gasteiger partial charge on any atom is 0.253 e. The van der Waals surface area contributed by atoms with E-state index < -0.39 is 20.7 Å². The minimum absolute atomic E-state index is 0.209. The van der Waals surface area contributed by atoms with Crippen LogP contribution < -0.4 is 0 Å². The molecule has 168 valence electrons. The normalized spacial score (nSPS) is 19.0. The second-order valence-corrected chi connectivity index (χ2v) is 11.0. The fourth-order valence-corrected chi connectivity index (χ4v) is 6.29. The number of halogens is 1. The van der Waals surface area contributed by atoms with Crippen LogP contribution in [-0.4, -0.2) is 72.7 Å². The molecule has 4 rings (SSSR count). The highest BCUT2D eigenvalue weighted by molar-refractivity contribution is 7.89. The Bertz CT molecular complexity index is 1040. The minimum Gasteiger partial charge on any atom is -0.336 e. The molecule has 1 aromatic carbocycles. The number of amides is 1.